The van der Waals surface area contributed by atoms with Crippen molar-refractivity contribution in [2.24, 2.45) is 0 Å². The van der Waals surface area contributed by atoms with E-state index in [1.807, 2.05) is 23.1 Å². The minimum atomic E-state index is -0.0686. The van der Waals surface area contributed by atoms with Crippen LogP contribution in [0.4, 0.5) is 10.5 Å². The zero-order chi connectivity index (χ0) is 17.8. The van der Waals surface area contributed by atoms with Crippen molar-refractivity contribution >= 4 is 23.1 Å². The first-order chi connectivity index (χ1) is 12.8. The number of hydrogen-bond acceptors (Lipinski definition) is 5. The summed E-state index contributed by atoms with van der Waals surface area (Å²) in [4.78, 5) is 23.9. The summed E-state index contributed by atoms with van der Waals surface area (Å²) in [7, 11) is 0. The van der Waals surface area contributed by atoms with Crippen LogP contribution in [0, 0.1) is 0 Å². The minimum absolute atomic E-state index is 0.0686. The maximum atomic E-state index is 12.7. The lowest BCUT2D eigenvalue weighted by Crippen LogP contribution is -2.34. The summed E-state index contributed by atoms with van der Waals surface area (Å²) in [5.41, 5.74) is 0.730. The SMILES string of the molecule is O=C(Nc1ccc(Oc2ncccn2)cc1)N1CCCC1c1cccs1. The molecule has 132 valence electrons. The van der Waals surface area contributed by atoms with Gasteiger partial charge < -0.3 is 15.0 Å². The van der Waals surface area contributed by atoms with Gasteiger partial charge >= 0.3 is 12.0 Å². The van der Waals surface area contributed by atoms with Crippen LogP contribution in [-0.2, 0) is 0 Å². The van der Waals surface area contributed by atoms with Crippen LogP contribution in [0.2, 0.25) is 0 Å². The van der Waals surface area contributed by atoms with E-state index in [1.165, 1.54) is 4.88 Å². The molecular formula is C19H18N4O2S. The molecular weight excluding hydrogens is 348 g/mol. The van der Waals surface area contributed by atoms with Gasteiger partial charge in [-0.15, -0.1) is 11.3 Å². The Morgan fingerprint density at radius 3 is 2.69 bits per heavy atom. The fourth-order valence-electron chi connectivity index (χ4n) is 3.03. The molecule has 1 fully saturated rings. The van der Waals surface area contributed by atoms with E-state index in [2.05, 4.69) is 26.7 Å². The van der Waals surface area contributed by atoms with Gasteiger partial charge in [0.05, 0.1) is 6.04 Å². The Kier molecular flexibility index (Phi) is 4.79. The predicted molar refractivity (Wildman–Crippen MR) is 101 cm³/mol. The van der Waals surface area contributed by atoms with Crippen LogP contribution < -0.4 is 10.1 Å². The molecule has 0 bridgehead atoms. The normalized spacial score (nSPS) is 16.5. The third kappa shape index (κ3) is 3.67. The van der Waals surface area contributed by atoms with E-state index >= 15 is 0 Å². The molecule has 1 aliphatic rings. The molecule has 1 unspecified atom stereocenters. The molecule has 26 heavy (non-hydrogen) atoms. The van der Waals surface area contributed by atoms with E-state index < -0.39 is 0 Å². The van der Waals surface area contributed by atoms with Crippen molar-refractivity contribution in [3.8, 4) is 11.8 Å². The Morgan fingerprint density at radius 1 is 1.15 bits per heavy atom. The monoisotopic (exact) mass is 366 g/mol. The number of thiophene rings is 1. The molecule has 7 heteroatoms. The number of nitrogens with one attached hydrogen (secondary N) is 1. The van der Waals surface area contributed by atoms with E-state index in [-0.39, 0.29) is 12.1 Å². The lowest BCUT2D eigenvalue weighted by Gasteiger charge is -2.24. The third-order valence-corrected chi connectivity index (χ3v) is 5.22. The number of amides is 2. The summed E-state index contributed by atoms with van der Waals surface area (Å²) in [5.74, 6) is 0.617. The zero-order valence-electron chi connectivity index (χ0n) is 14.0. The number of benzene rings is 1. The van der Waals surface area contributed by atoms with Gasteiger partial charge in [0.1, 0.15) is 5.75 Å². The average Bonchev–Trinajstić information content (AvgIpc) is 3.35. The summed E-state index contributed by atoms with van der Waals surface area (Å²) in [6, 6.07) is 13.4. The molecule has 3 aromatic rings. The zero-order valence-corrected chi connectivity index (χ0v) is 14.9. The molecule has 3 heterocycles. The maximum Gasteiger partial charge on any atom is 0.322 e. The van der Waals surface area contributed by atoms with Crippen LogP contribution in [0.25, 0.3) is 0 Å². The van der Waals surface area contributed by atoms with E-state index in [0.717, 1.165) is 25.1 Å². The second kappa shape index (κ2) is 7.53. The van der Waals surface area contributed by atoms with Crippen molar-refractivity contribution < 1.29 is 9.53 Å². The number of likely N-dealkylation sites (tertiary alicyclic amines) is 1. The number of aromatic nitrogens is 2. The average molecular weight is 366 g/mol. The standard InChI is InChI=1S/C19H18N4O2S/c24-19(23-12-1-4-16(23)17-5-2-13-26-17)22-14-6-8-15(9-7-14)25-18-20-10-3-11-21-18/h2-3,5-11,13,16H,1,4,12H2,(H,22,24). The highest BCUT2D eigenvalue weighted by Gasteiger charge is 2.30. The highest BCUT2D eigenvalue weighted by Crippen LogP contribution is 2.34. The van der Waals surface area contributed by atoms with Gasteiger partial charge in [-0.05, 0) is 54.6 Å². The van der Waals surface area contributed by atoms with Crippen LogP contribution in [0.5, 0.6) is 11.8 Å². The van der Waals surface area contributed by atoms with E-state index in [1.54, 1.807) is 41.9 Å². The first kappa shape index (κ1) is 16.5. The number of nitrogens with zero attached hydrogens (tertiary/aromatic N) is 3. The lowest BCUT2D eigenvalue weighted by molar-refractivity contribution is 0.208. The Labute approximate surface area is 155 Å². The first-order valence-electron chi connectivity index (χ1n) is 8.45. The molecule has 1 aromatic carbocycles. The molecule has 0 spiro atoms. The van der Waals surface area contributed by atoms with Crippen molar-refractivity contribution in [2.45, 2.75) is 18.9 Å². The third-order valence-electron chi connectivity index (χ3n) is 4.24. The van der Waals surface area contributed by atoms with Gasteiger partial charge in [0.15, 0.2) is 0 Å². The molecule has 1 N–H and O–H groups in total. The van der Waals surface area contributed by atoms with Crippen molar-refractivity contribution in [1.29, 1.82) is 0 Å². The van der Waals surface area contributed by atoms with Gasteiger partial charge in [0.25, 0.3) is 0 Å². The minimum Gasteiger partial charge on any atom is -0.424 e. The smallest absolute Gasteiger partial charge is 0.322 e. The molecule has 1 aliphatic heterocycles. The van der Waals surface area contributed by atoms with E-state index in [0.29, 0.717) is 11.8 Å². The fourth-order valence-corrected chi connectivity index (χ4v) is 3.91. The Hall–Kier alpha value is -2.93. The van der Waals surface area contributed by atoms with Crippen molar-refractivity contribution in [3.63, 3.8) is 0 Å². The number of carbonyl (C=O) groups excluding carboxylic acids is 1. The van der Waals surface area contributed by atoms with Crippen molar-refractivity contribution in [2.75, 3.05) is 11.9 Å². The first-order valence-corrected chi connectivity index (χ1v) is 9.33. The summed E-state index contributed by atoms with van der Waals surface area (Å²) in [6.45, 7) is 0.779. The maximum absolute atomic E-state index is 12.7. The van der Waals surface area contributed by atoms with Gasteiger partial charge in [0.2, 0.25) is 0 Å². The van der Waals surface area contributed by atoms with Crippen LogP contribution in [0.3, 0.4) is 0 Å². The van der Waals surface area contributed by atoms with Gasteiger partial charge in [-0.3, -0.25) is 0 Å². The highest BCUT2D eigenvalue weighted by molar-refractivity contribution is 7.10. The number of urea groups is 1. The van der Waals surface area contributed by atoms with Crippen LogP contribution in [0.15, 0.2) is 60.2 Å². The second-order valence-corrected chi connectivity index (χ2v) is 6.93. The number of hydrogen-bond donors (Lipinski definition) is 1. The van der Waals surface area contributed by atoms with Gasteiger partial charge in [-0.25, -0.2) is 14.8 Å². The highest BCUT2D eigenvalue weighted by atomic mass is 32.1. The summed E-state index contributed by atoms with van der Waals surface area (Å²) < 4.78 is 5.56. The van der Waals surface area contributed by atoms with E-state index in [4.69, 9.17) is 4.74 Å². The van der Waals surface area contributed by atoms with Crippen LogP contribution in [0.1, 0.15) is 23.8 Å². The van der Waals surface area contributed by atoms with E-state index in [9.17, 15) is 4.79 Å². The lowest BCUT2D eigenvalue weighted by atomic mass is 10.2. The number of anilines is 1. The molecule has 2 amide bonds. The van der Waals surface area contributed by atoms with Gasteiger partial charge in [-0.1, -0.05) is 6.07 Å². The molecule has 0 aliphatic carbocycles. The summed E-state index contributed by atoms with van der Waals surface area (Å²) in [6.07, 6.45) is 5.28. The molecule has 0 radical (unpaired) electrons. The molecule has 4 rings (SSSR count). The fraction of sp³-hybridized carbons (Fsp3) is 0.211. The molecule has 2 aromatic heterocycles. The largest absolute Gasteiger partial charge is 0.424 e. The van der Waals surface area contributed by atoms with Crippen molar-refractivity contribution in [1.82, 2.24) is 14.9 Å². The summed E-state index contributed by atoms with van der Waals surface area (Å²) >= 11 is 1.70. The van der Waals surface area contributed by atoms with Crippen molar-refractivity contribution in [3.05, 3.63) is 65.1 Å². The Morgan fingerprint density at radius 2 is 1.96 bits per heavy atom. The predicted octanol–water partition coefficient (Wildman–Crippen LogP) is 4.70. The number of ether oxygens (including phenoxy) is 1. The molecule has 1 atom stereocenters. The molecule has 0 saturated carbocycles. The number of rotatable bonds is 4. The summed E-state index contributed by atoms with van der Waals surface area (Å²) in [5, 5.41) is 5.03. The Balaban J connectivity index is 1.40. The second-order valence-electron chi connectivity index (χ2n) is 5.95. The van der Waals surface area contributed by atoms with Gasteiger partial charge in [0, 0.05) is 29.5 Å². The number of carbonyl (C=O) groups is 1. The topological polar surface area (TPSA) is 67.3 Å². The van der Waals surface area contributed by atoms with Crippen LogP contribution >= 0.6 is 11.3 Å². The quantitative estimate of drug-likeness (QED) is 0.727. The van der Waals surface area contributed by atoms with Gasteiger partial charge in [-0.2, -0.15) is 0 Å². The molecule has 6 nitrogen and oxygen atoms in total. The molecule has 1 saturated heterocycles. The van der Waals surface area contributed by atoms with Crippen LogP contribution in [-0.4, -0.2) is 27.4 Å². The Bertz CT molecular complexity index is 853.